The van der Waals surface area contributed by atoms with Crippen molar-refractivity contribution in [2.75, 3.05) is 13.2 Å². The van der Waals surface area contributed by atoms with Gasteiger partial charge in [-0.05, 0) is 11.1 Å². The molecule has 1 aliphatic heterocycles. The van der Waals surface area contributed by atoms with Crippen LogP contribution < -0.4 is 0 Å². The second-order valence-corrected chi connectivity index (χ2v) is 3.60. The van der Waals surface area contributed by atoms with Gasteiger partial charge in [0.25, 0.3) is 0 Å². The van der Waals surface area contributed by atoms with Crippen molar-refractivity contribution < 1.29 is 14.9 Å². The smallest absolute Gasteiger partial charge is 0.134 e. The topological polar surface area (TPSA) is 147 Å². The Morgan fingerprint density at radius 2 is 1.76 bits per heavy atom. The van der Waals surface area contributed by atoms with Crippen molar-refractivity contribution >= 4 is 0 Å². The Morgan fingerprint density at radius 3 is 2.41 bits per heavy atom. The van der Waals surface area contributed by atoms with E-state index in [1.807, 2.05) is 0 Å². The maximum Gasteiger partial charge on any atom is 0.134 e. The number of hydrogen-bond donors (Lipinski definition) is 2. The fraction of sp³-hybridized carbons (Fsp3) is 0.500. The summed E-state index contributed by atoms with van der Waals surface area (Å²) in [5, 5.41) is 26.2. The van der Waals surface area contributed by atoms with Crippen LogP contribution in [0, 0.1) is 11.8 Å². The molecule has 1 heterocycles. The molecule has 2 aliphatic rings. The lowest BCUT2D eigenvalue weighted by atomic mass is 9.85. The predicted molar refractivity (Wildman–Crippen MR) is 55.4 cm³/mol. The van der Waals surface area contributed by atoms with Gasteiger partial charge >= 0.3 is 0 Å². The Hall–Kier alpha value is -2.34. The molecule has 0 aromatic rings. The van der Waals surface area contributed by atoms with Gasteiger partial charge < -0.3 is 14.9 Å². The first-order chi connectivity index (χ1) is 8.20. The molecule has 1 saturated heterocycles. The van der Waals surface area contributed by atoms with E-state index in [1.165, 1.54) is 0 Å². The summed E-state index contributed by atoms with van der Waals surface area (Å²) in [5.74, 6) is -1.60. The van der Waals surface area contributed by atoms with E-state index < -0.39 is 17.6 Å². The van der Waals surface area contributed by atoms with Crippen LogP contribution in [0.15, 0.2) is 33.1 Å². The zero-order valence-electron chi connectivity index (χ0n) is 8.55. The van der Waals surface area contributed by atoms with E-state index in [-0.39, 0.29) is 30.4 Å². The molecule has 0 spiro atoms. The first-order valence-corrected chi connectivity index (χ1v) is 4.75. The minimum atomic E-state index is -0.496. The van der Waals surface area contributed by atoms with E-state index in [0.717, 1.165) is 0 Å². The van der Waals surface area contributed by atoms with Gasteiger partial charge in [0.1, 0.15) is 17.2 Å². The highest BCUT2D eigenvalue weighted by molar-refractivity contribution is 5.38. The van der Waals surface area contributed by atoms with Gasteiger partial charge in [-0.1, -0.05) is 10.2 Å². The van der Waals surface area contributed by atoms with Crippen LogP contribution in [-0.4, -0.2) is 23.4 Å². The van der Waals surface area contributed by atoms with E-state index in [4.69, 9.17) is 15.8 Å². The molecule has 0 saturated carbocycles. The zero-order chi connectivity index (χ0) is 12.4. The number of rotatable bonds is 2. The highest BCUT2D eigenvalue weighted by atomic mass is 16.5. The number of aliphatic hydroxyl groups excluding tert-OH is 2. The monoisotopic (exact) mass is 236 g/mol. The van der Waals surface area contributed by atoms with Crippen molar-refractivity contribution in [1.82, 2.24) is 0 Å². The van der Waals surface area contributed by atoms with Crippen molar-refractivity contribution in [2.24, 2.45) is 22.1 Å². The van der Waals surface area contributed by atoms with Gasteiger partial charge in [-0.25, -0.2) is 0 Å². The summed E-state index contributed by atoms with van der Waals surface area (Å²) in [4.78, 5) is 5.11. The summed E-state index contributed by atoms with van der Waals surface area (Å²) in [6.07, 6.45) is 0. The number of azide groups is 2. The molecular weight excluding hydrogens is 228 g/mol. The van der Waals surface area contributed by atoms with E-state index in [0.29, 0.717) is 0 Å². The Morgan fingerprint density at radius 1 is 1.12 bits per heavy atom. The van der Waals surface area contributed by atoms with Crippen LogP contribution in [0.3, 0.4) is 0 Å². The minimum Gasteiger partial charge on any atom is -0.511 e. The van der Waals surface area contributed by atoms with Crippen molar-refractivity contribution in [2.45, 2.75) is 0 Å². The summed E-state index contributed by atoms with van der Waals surface area (Å²) in [5.41, 5.74) is 16.5. The van der Waals surface area contributed by atoms with E-state index in [9.17, 15) is 10.2 Å². The largest absolute Gasteiger partial charge is 0.511 e. The molecule has 0 radical (unpaired) electrons. The summed E-state index contributed by atoms with van der Waals surface area (Å²) in [6, 6.07) is 0. The standard InChI is InChI=1S/C8H8N6O3/c9-13-11-5-3-1-17-2-4(3)7(15)6(8(5)16)12-14-10/h3-4,15-16H,1-2H2/t3-,4+/m1/s1. The normalized spacial score (nSPS) is 27.3. The van der Waals surface area contributed by atoms with E-state index in [1.54, 1.807) is 0 Å². The zero-order valence-corrected chi connectivity index (χ0v) is 8.55. The van der Waals surface area contributed by atoms with Gasteiger partial charge in [-0.2, -0.15) is 0 Å². The SMILES string of the molecule is [N-]=[N+]=NC1=C(O)[C@H]2COC[C@H]2C(N=[N+]=[N-])=C1O. The molecule has 17 heavy (non-hydrogen) atoms. The molecule has 0 aromatic heterocycles. The van der Waals surface area contributed by atoms with Gasteiger partial charge in [0, 0.05) is 21.7 Å². The highest BCUT2D eigenvalue weighted by Crippen LogP contribution is 2.41. The molecule has 2 rings (SSSR count). The Labute approximate surface area is 94.9 Å². The summed E-state index contributed by atoms with van der Waals surface area (Å²) in [7, 11) is 0. The van der Waals surface area contributed by atoms with Crippen molar-refractivity contribution in [1.29, 1.82) is 0 Å². The van der Waals surface area contributed by atoms with E-state index >= 15 is 0 Å². The molecule has 88 valence electrons. The molecule has 0 amide bonds. The maximum absolute atomic E-state index is 9.83. The third kappa shape index (κ3) is 1.64. The average Bonchev–Trinajstić information content (AvgIpc) is 2.79. The average molecular weight is 236 g/mol. The number of aliphatic hydroxyl groups is 2. The third-order valence-corrected chi connectivity index (χ3v) is 2.79. The van der Waals surface area contributed by atoms with Crippen molar-refractivity contribution in [3.8, 4) is 0 Å². The van der Waals surface area contributed by atoms with Gasteiger partial charge in [0.15, 0.2) is 0 Å². The van der Waals surface area contributed by atoms with Crippen LogP contribution in [0.4, 0.5) is 0 Å². The fourth-order valence-electron chi connectivity index (χ4n) is 2.00. The van der Waals surface area contributed by atoms with Crippen molar-refractivity contribution in [3.05, 3.63) is 43.8 Å². The molecule has 9 heteroatoms. The summed E-state index contributed by atoms with van der Waals surface area (Å²) in [6.45, 7) is 0.454. The summed E-state index contributed by atoms with van der Waals surface area (Å²) >= 11 is 0. The Kier molecular flexibility index (Phi) is 2.80. The molecule has 1 fully saturated rings. The maximum atomic E-state index is 9.83. The van der Waals surface area contributed by atoms with Crippen LogP contribution in [0.5, 0.6) is 0 Å². The molecule has 0 aromatic carbocycles. The highest BCUT2D eigenvalue weighted by Gasteiger charge is 2.41. The Bertz CT molecular complexity index is 511. The van der Waals surface area contributed by atoms with Gasteiger partial charge in [-0.3, -0.25) is 0 Å². The lowest BCUT2D eigenvalue weighted by molar-refractivity contribution is 0.179. The minimum absolute atomic E-state index is 0.0372. The first-order valence-electron chi connectivity index (χ1n) is 4.75. The molecule has 2 N–H and O–H groups in total. The van der Waals surface area contributed by atoms with Crippen LogP contribution in [-0.2, 0) is 4.74 Å². The summed E-state index contributed by atoms with van der Waals surface area (Å²) < 4.78 is 5.16. The molecule has 0 unspecified atom stereocenters. The molecule has 0 bridgehead atoms. The number of fused-ring (bicyclic) bond motifs is 1. The number of hydrogen-bond acceptors (Lipinski definition) is 5. The van der Waals surface area contributed by atoms with Gasteiger partial charge in [0.2, 0.25) is 0 Å². The molecule has 1 aliphatic carbocycles. The number of ether oxygens (including phenoxy) is 1. The van der Waals surface area contributed by atoms with Crippen molar-refractivity contribution in [3.63, 3.8) is 0 Å². The van der Waals surface area contributed by atoms with Gasteiger partial charge in [-0.15, -0.1) is 0 Å². The van der Waals surface area contributed by atoms with Crippen LogP contribution >= 0.6 is 0 Å². The van der Waals surface area contributed by atoms with E-state index in [2.05, 4.69) is 20.1 Å². The van der Waals surface area contributed by atoms with Gasteiger partial charge in [0.05, 0.1) is 18.9 Å². The van der Waals surface area contributed by atoms with Crippen LogP contribution in [0.1, 0.15) is 0 Å². The molecule has 9 nitrogen and oxygen atoms in total. The molecular formula is C8H8N6O3. The lowest BCUT2D eigenvalue weighted by Crippen LogP contribution is -2.23. The van der Waals surface area contributed by atoms with Crippen LogP contribution in [0.25, 0.3) is 20.9 Å². The second kappa shape index (κ2) is 4.26. The molecule has 2 atom stereocenters. The quantitative estimate of drug-likeness (QED) is 0.430. The number of nitrogens with zero attached hydrogens (tertiary/aromatic N) is 6. The fourth-order valence-corrected chi connectivity index (χ4v) is 2.00. The first kappa shape index (κ1) is 11.2. The lowest BCUT2D eigenvalue weighted by Gasteiger charge is -2.24. The third-order valence-electron chi connectivity index (χ3n) is 2.79. The predicted octanol–water partition coefficient (Wildman–Crippen LogP) is 2.42. The van der Waals surface area contributed by atoms with Crippen LogP contribution in [0.2, 0.25) is 0 Å². The Balaban J connectivity index is 2.61. The second-order valence-electron chi connectivity index (χ2n) is 3.60.